The van der Waals surface area contributed by atoms with Crippen molar-refractivity contribution in [3.63, 3.8) is 0 Å². The van der Waals surface area contributed by atoms with Crippen LogP contribution in [0.4, 0.5) is 26.3 Å². The molecule has 31 heavy (non-hydrogen) atoms. The van der Waals surface area contributed by atoms with Gasteiger partial charge < -0.3 is 9.47 Å². The standard InChI is InChI=1S/C21H16F6O4/c1-13(19(29)31-12-15-4-8-17(9-5-15)21(25,26)27)10-18(28)30-11-14-2-6-16(7-3-14)20(22,23)24/h2-9H,1,10-12H2. The van der Waals surface area contributed by atoms with E-state index in [-0.39, 0.29) is 18.8 Å². The van der Waals surface area contributed by atoms with Crippen molar-refractivity contribution >= 4 is 11.9 Å². The summed E-state index contributed by atoms with van der Waals surface area (Å²) in [5, 5.41) is 0. The van der Waals surface area contributed by atoms with Gasteiger partial charge in [-0.25, -0.2) is 4.79 Å². The summed E-state index contributed by atoms with van der Waals surface area (Å²) in [6.07, 6.45) is -9.48. The van der Waals surface area contributed by atoms with E-state index in [1.807, 2.05) is 0 Å². The molecule has 2 rings (SSSR count). The number of halogens is 6. The Bertz CT molecular complexity index is 928. The van der Waals surface area contributed by atoms with Gasteiger partial charge in [0.05, 0.1) is 17.5 Å². The van der Waals surface area contributed by atoms with E-state index in [0.29, 0.717) is 11.1 Å². The maximum atomic E-state index is 12.5. The van der Waals surface area contributed by atoms with Crippen molar-refractivity contribution in [3.8, 4) is 0 Å². The van der Waals surface area contributed by atoms with Gasteiger partial charge in [-0.15, -0.1) is 0 Å². The van der Waals surface area contributed by atoms with Crippen LogP contribution in [0.1, 0.15) is 28.7 Å². The molecule has 4 nitrogen and oxygen atoms in total. The summed E-state index contributed by atoms with van der Waals surface area (Å²) in [5.41, 5.74) is -1.31. The van der Waals surface area contributed by atoms with Gasteiger partial charge >= 0.3 is 24.3 Å². The van der Waals surface area contributed by atoms with E-state index in [1.165, 1.54) is 0 Å². The van der Waals surface area contributed by atoms with E-state index in [0.717, 1.165) is 48.5 Å². The highest BCUT2D eigenvalue weighted by Crippen LogP contribution is 2.30. The second-order valence-electron chi connectivity index (χ2n) is 6.41. The molecule has 0 aliphatic carbocycles. The minimum absolute atomic E-state index is 0.246. The van der Waals surface area contributed by atoms with E-state index in [1.54, 1.807) is 0 Å². The average Bonchev–Trinajstić information content (AvgIpc) is 2.69. The fraction of sp³-hybridized carbons (Fsp3) is 0.238. The lowest BCUT2D eigenvalue weighted by molar-refractivity contribution is -0.147. The average molecular weight is 446 g/mol. The Labute approximate surface area is 173 Å². The summed E-state index contributed by atoms with van der Waals surface area (Å²) in [7, 11) is 0. The van der Waals surface area contributed by atoms with Crippen LogP contribution in [-0.2, 0) is 44.6 Å². The van der Waals surface area contributed by atoms with Crippen LogP contribution in [0.2, 0.25) is 0 Å². The second kappa shape index (κ2) is 9.67. The fourth-order valence-electron chi connectivity index (χ4n) is 2.29. The molecule has 0 amide bonds. The first-order chi connectivity index (χ1) is 14.4. The Morgan fingerprint density at radius 2 is 1.10 bits per heavy atom. The van der Waals surface area contributed by atoms with Gasteiger partial charge in [-0.05, 0) is 35.4 Å². The van der Waals surface area contributed by atoms with Crippen molar-refractivity contribution in [3.05, 3.63) is 82.9 Å². The van der Waals surface area contributed by atoms with E-state index < -0.39 is 41.8 Å². The first-order valence-electron chi connectivity index (χ1n) is 8.69. The van der Waals surface area contributed by atoms with Crippen LogP contribution in [0.5, 0.6) is 0 Å². The van der Waals surface area contributed by atoms with Gasteiger partial charge in [0.25, 0.3) is 0 Å². The molecule has 166 valence electrons. The highest BCUT2D eigenvalue weighted by atomic mass is 19.4. The smallest absolute Gasteiger partial charge is 0.416 e. The van der Waals surface area contributed by atoms with Crippen LogP contribution in [0.15, 0.2) is 60.7 Å². The van der Waals surface area contributed by atoms with Crippen molar-refractivity contribution in [1.82, 2.24) is 0 Å². The van der Waals surface area contributed by atoms with Gasteiger partial charge in [0.15, 0.2) is 0 Å². The lowest BCUT2D eigenvalue weighted by atomic mass is 10.1. The molecular formula is C21H16F6O4. The quantitative estimate of drug-likeness (QED) is 0.322. The lowest BCUT2D eigenvalue weighted by Gasteiger charge is -2.10. The van der Waals surface area contributed by atoms with Gasteiger partial charge in [-0.3, -0.25) is 4.79 Å². The van der Waals surface area contributed by atoms with E-state index in [9.17, 15) is 35.9 Å². The second-order valence-corrected chi connectivity index (χ2v) is 6.41. The topological polar surface area (TPSA) is 52.6 Å². The van der Waals surface area contributed by atoms with Crippen molar-refractivity contribution in [2.45, 2.75) is 32.0 Å². The molecule has 0 unspecified atom stereocenters. The number of alkyl halides is 6. The molecule has 0 saturated heterocycles. The zero-order valence-corrected chi connectivity index (χ0v) is 15.8. The molecule has 0 fully saturated rings. The van der Waals surface area contributed by atoms with Gasteiger partial charge in [0.2, 0.25) is 0 Å². The monoisotopic (exact) mass is 446 g/mol. The molecule has 0 spiro atoms. The third-order valence-corrected chi connectivity index (χ3v) is 3.98. The van der Waals surface area contributed by atoms with Crippen molar-refractivity contribution in [2.75, 3.05) is 0 Å². The molecule has 2 aromatic rings. The van der Waals surface area contributed by atoms with Gasteiger partial charge in [0.1, 0.15) is 13.2 Å². The molecule has 2 aromatic carbocycles. The molecule has 0 aliphatic rings. The summed E-state index contributed by atoms with van der Waals surface area (Å²) < 4.78 is 84.8. The van der Waals surface area contributed by atoms with Crippen molar-refractivity contribution < 1.29 is 45.4 Å². The van der Waals surface area contributed by atoms with Crippen LogP contribution in [-0.4, -0.2) is 11.9 Å². The number of carbonyl (C=O) groups is 2. The number of hydrogen-bond acceptors (Lipinski definition) is 4. The minimum atomic E-state index is -4.48. The molecule has 0 heterocycles. The summed E-state index contributed by atoms with van der Waals surface area (Å²) in [6.45, 7) is 2.77. The lowest BCUT2D eigenvalue weighted by Crippen LogP contribution is -2.13. The van der Waals surface area contributed by atoms with Crippen molar-refractivity contribution in [1.29, 1.82) is 0 Å². The van der Waals surface area contributed by atoms with Crippen LogP contribution < -0.4 is 0 Å². The summed E-state index contributed by atoms with van der Waals surface area (Å²) in [5.74, 6) is -1.79. The normalized spacial score (nSPS) is 11.7. The highest BCUT2D eigenvalue weighted by molar-refractivity contribution is 5.93. The molecule has 0 aromatic heterocycles. The van der Waals surface area contributed by atoms with E-state index in [4.69, 9.17) is 9.47 Å². The predicted octanol–water partition coefficient (Wildman–Crippen LogP) is 5.46. The molecule has 0 radical (unpaired) electrons. The third-order valence-electron chi connectivity index (χ3n) is 3.98. The minimum Gasteiger partial charge on any atom is -0.461 e. The molecule has 10 heteroatoms. The van der Waals surface area contributed by atoms with Gasteiger partial charge in [-0.1, -0.05) is 30.8 Å². The number of carbonyl (C=O) groups excluding carboxylic acids is 2. The predicted molar refractivity (Wildman–Crippen MR) is 96.2 cm³/mol. The molecule has 0 aliphatic heterocycles. The largest absolute Gasteiger partial charge is 0.461 e. The number of ether oxygens (including phenoxy) is 2. The number of hydrogen-bond donors (Lipinski definition) is 0. The number of rotatable bonds is 7. The number of esters is 2. The molecule has 0 atom stereocenters. The Hall–Kier alpha value is -3.30. The van der Waals surface area contributed by atoms with Gasteiger partial charge in [-0.2, -0.15) is 26.3 Å². The van der Waals surface area contributed by atoms with Crippen LogP contribution >= 0.6 is 0 Å². The summed E-state index contributed by atoms with van der Waals surface area (Å²) in [6, 6.07) is 8.00. The summed E-state index contributed by atoms with van der Waals surface area (Å²) in [4.78, 5) is 23.7. The first-order valence-corrected chi connectivity index (χ1v) is 8.69. The van der Waals surface area contributed by atoms with Crippen LogP contribution in [0, 0.1) is 0 Å². The molecule has 0 saturated carbocycles. The maximum Gasteiger partial charge on any atom is 0.416 e. The Morgan fingerprint density at radius 1 is 0.710 bits per heavy atom. The zero-order valence-electron chi connectivity index (χ0n) is 15.8. The SMILES string of the molecule is C=C(CC(=O)OCc1ccc(C(F)(F)F)cc1)C(=O)OCc1ccc(C(F)(F)F)cc1. The van der Waals surface area contributed by atoms with Crippen LogP contribution in [0.25, 0.3) is 0 Å². The van der Waals surface area contributed by atoms with E-state index in [2.05, 4.69) is 6.58 Å². The maximum absolute atomic E-state index is 12.5. The fourth-order valence-corrected chi connectivity index (χ4v) is 2.29. The highest BCUT2D eigenvalue weighted by Gasteiger charge is 2.30. The summed E-state index contributed by atoms with van der Waals surface area (Å²) >= 11 is 0. The zero-order chi connectivity index (χ0) is 23.2. The Balaban J connectivity index is 1.77. The Kier molecular flexibility index (Phi) is 7.48. The first kappa shape index (κ1) is 24.0. The van der Waals surface area contributed by atoms with Crippen molar-refractivity contribution in [2.24, 2.45) is 0 Å². The number of benzene rings is 2. The van der Waals surface area contributed by atoms with E-state index >= 15 is 0 Å². The third kappa shape index (κ3) is 7.47. The molecular weight excluding hydrogens is 430 g/mol. The van der Waals surface area contributed by atoms with Crippen LogP contribution in [0.3, 0.4) is 0 Å². The Morgan fingerprint density at radius 3 is 1.48 bits per heavy atom. The molecule has 0 N–H and O–H groups in total. The van der Waals surface area contributed by atoms with Gasteiger partial charge in [0, 0.05) is 5.57 Å². The molecule has 0 bridgehead atoms.